The molecule has 1 aliphatic rings. The van der Waals surface area contributed by atoms with Gasteiger partial charge in [-0.3, -0.25) is 14.3 Å². The van der Waals surface area contributed by atoms with E-state index >= 15 is 0 Å². The van der Waals surface area contributed by atoms with Crippen LogP contribution in [-0.2, 0) is 9.47 Å². The lowest BCUT2D eigenvalue weighted by molar-refractivity contribution is -0.0556. The second kappa shape index (κ2) is 7.22. The SMILES string of the molecule is Cc1cn([C@H]2O[C@H](COC(=O)c3ccccc3)[C@@H](O)[C@@H]2F)c(=O)[nH]c1=O. The fraction of sp³-hybridized carbons (Fsp3) is 0.353. The molecule has 2 heterocycles. The lowest BCUT2D eigenvalue weighted by Crippen LogP contribution is -2.36. The highest BCUT2D eigenvalue weighted by molar-refractivity contribution is 5.89. The molecule has 138 valence electrons. The molecule has 1 aromatic heterocycles. The van der Waals surface area contributed by atoms with Gasteiger partial charge in [-0.15, -0.1) is 0 Å². The number of hydrogen-bond acceptors (Lipinski definition) is 6. The zero-order chi connectivity index (χ0) is 18.8. The molecule has 0 aliphatic carbocycles. The van der Waals surface area contributed by atoms with Gasteiger partial charge >= 0.3 is 11.7 Å². The van der Waals surface area contributed by atoms with Crippen molar-refractivity contribution in [2.24, 2.45) is 0 Å². The van der Waals surface area contributed by atoms with Gasteiger partial charge in [0.25, 0.3) is 5.56 Å². The lowest BCUT2D eigenvalue weighted by Gasteiger charge is -2.16. The second-order valence-corrected chi connectivity index (χ2v) is 5.94. The molecule has 2 N–H and O–H groups in total. The van der Waals surface area contributed by atoms with Crippen molar-refractivity contribution in [3.05, 3.63) is 68.5 Å². The summed E-state index contributed by atoms with van der Waals surface area (Å²) in [4.78, 5) is 37.3. The Kier molecular flexibility index (Phi) is 5.01. The summed E-state index contributed by atoms with van der Waals surface area (Å²) in [5, 5.41) is 10.0. The van der Waals surface area contributed by atoms with Crippen LogP contribution in [0.25, 0.3) is 0 Å². The number of H-pyrrole nitrogens is 1. The van der Waals surface area contributed by atoms with Gasteiger partial charge in [0.05, 0.1) is 5.56 Å². The van der Waals surface area contributed by atoms with E-state index in [1.54, 1.807) is 30.3 Å². The van der Waals surface area contributed by atoms with Crippen molar-refractivity contribution in [2.45, 2.75) is 31.5 Å². The van der Waals surface area contributed by atoms with Gasteiger partial charge in [0.1, 0.15) is 18.8 Å². The number of carbonyl (C=O) groups excluding carboxylic acids is 1. The molecular weight excluding hydrogens is 347 g/mol. The number of esters is 1. The normalized spacial score (nSPS) is 25.2. The first-order valence-corrected chi connectivity index (χ1v) is 7.90. The molecule has 0 saturated carbocycles. The van der Waals surface area contributed by atoms with Crippen LogP contribution in [0.5, 0.6) is 0 Å². The van der Waals surface area contributed by atoms with Gasteiger partial charge in [0, 0.05) is 11.8 Å². The number of aryl methyl sites for hydroxylation is 1. The van der Waals surface area contributed by atoms with E-state index < -0.39 is 41.8 Å². The molecule has 0 spiro atoms. The molecule has 0 unspecified atom stereocenters. The van der Waals surface area contributed by atoms with E-state index in [1.165, 1.54) is 6.92 Å². The van der Waals surface area contributed by atoms with Crippen LogP contribution >= 0.6 is 0 Å². The summed E-state index contributed by atoms with van der Waals surface area (Å²) in [5.74, 6) is -0.641. The standard InChI is InChI=1S/C17H17FN2O6/c1-9-7-20(17(24)19-14(9)22)15-12(18)13(21)11(26-15)8-25-16(23)10-5-3-2-4-6-10/h2-7,11-13,15,21H,8H2,1H3,(H,19,22,24)/t11-,12+,13-,15+/m1/s1. The Labute approximate surface area is 146 Å². The highest BCUT2D eigenvalue weighted by Crippen LogP contribution is 2.31. The first-order valence-electron chi connectivity index (χ1n) is 7.90. The first-order chi connectivity index (χ1) is 12.4. The zero-order valence-corrected chi connectivity index (χ0v) is 13.8. The molecule has 0 bridgehead atoms. The quantitative estimate of drug-likeness (QED) is 0.755. The van der Waals surface area contributed by atoms with Gasteiger partial charge in [-0.1, -0.05) is 18.2 Å². The maximum Gasteiger partial charge on any atom is 0.338 e. The molecule has 1 aromatic carbocycles. The van der Waals surface area contributed by atoms with Crippen molar-refractivity contribution in [1.29, 1.82) is 0 Å². The molecule has 1 aliphatic heterocycles. The molecule has 4 atom stereocenters. The Morgan fingerprint density at radius 3 is 2.73 bits per heavy atom. The average molecular weight is 364 g/mol. The maximum atomic E-state index is 14.4. The molecule has 26 heavy (non-hydrogen) atoms. The predicted octanol–water partition coefficient (Wildman–Crippen LogP) is 0.298. The van der Waals surface area contributed by atoms with E-state index in [2.05, 4.69) is 0 Å². The van der Waals surface area contributed by atoms with Crippen LogP contribution in [0.2, 0.25) is 0 Å². The number of aromatic amines is 1. The number of nitrogens with one attached hydrogen (secondary N) is 1. The Morgan fingerprint density at radius 2 is 2.04 bits per heavy atom. The van der Waals surface area contributed by atoms with Crippen LogP contribution < -0.4 is 11.2 Å². The maximum absolute atomic E-state index is 14.4. The van der Waals surface area contributed by atoms with Crippen molar-refractivity contribution in [3.8, 4) is 0 Å². The number of halogens is 1. The van der Waals surface area contributed by atoms with Crippen molar-refractivity contribution in [3.63, 3.8) is 0 Å². The summed E-state index contributed by atoms with van der Waals surface area (Å²) < 4.78 is 25.7. The third kappa shape index (κ3) is 3.44. The molecule has 9 heteroatoms. The number of ether oxygens (including phenoxy) is 2. The van der Waals surface area contributed by atoms with Crippen molar-refractivity contribution < 1.29 is 23.8 Å². The largest absolute Gasteiger partial charge is 0.459 e. The molecule has 1 saturated heterocycles. The number of alkyl halides is 1. The van der Waals surface area contributed by atoms with Gasteiger partial charge in [-0.2, -0.15) is 0 Å². The number of benzene rings is 1. The monoisotopic (exact) mass is 364 g/mol. The highest BCUT2D eigenvalue weighted by Gasteiger charge is 2.46. The summed E-state index contributed by atoms with van der Waals surface area (Å²) in [5.41, 5.74) is -0.953. The van der Waals surface area contributed by atoms with Crippen LogP contribution in [0.4, 0.5) is 4.39 Å². The number of rotatable bonds is 4. The summed E-state index contributed by atoms with van der Waals surface area (Å²) in [6, 6.07) is 8.17. The van der Waals surface area contributed by atoms with Gasteiger partial charge < -0.3 is 14.6 Å². The third-order valence-corrected chi connectivity index (χ3v) is 4.10. The highest BCUT2D eigenvalue weighted by atomic mass is 19.1. The van der Waals surface area contributed by atoms with E-state index in [4.69, 9.17) is 9.47 Å². The van der Waals surface area contributed by atoms with E-state index in [0.717, 1.165) is 10.8 Å². The number of carbonyl (C=O) groups is 1. The third-order valence-electron chi connectivity index (χ3n) is 4.10. The lowest BCUT2D eigenvalue weighted by atomic mass is 10.1. The van der Waals surface area contributed by atoms with Crippen molar-refractivity contribution in [1.82, 2.24) is 9.55 Å². The van der Waals surface area contributed by atoms with Gasteiger partial charge in [-0.05, 0) is 19.1 Å². The average Bonchev–Trinajstić information content (AvgIpc) is 2.91. The number of hydrogen-bond donors (Lipinski definition) is 2. The van der Waals surface area contributed by atoms with Crippen LogP contribution in [-0.4, -0.2) is 45.6 Å². The molecule has 2 aromatic rings. The fourth-order valence-electron chi connectivity index (χ4n) is 2.66. The molecule has 3 rings (SSSR count). The zero-order valence-electron chi connectivity index (χ0n) is 13.8. The number of nitrogens with zero attached hydrogens (tertiary/aromatic N) is 1. The van der Waals surface area contributed by atoms with Crippen molar-refractivity contribution in [2.75, 3.05) is 6.61 Å². The molecule has 8 nitrogen and oxygen atoms in total. The summed E-state index contributed by atoms with van der Waals surface area (Å²) in [6.45, 7) is 1.06. The summed E-state index contributed by atoms with van der Waals surface area (Å²) in [7, 11) is 0. The van der Waals surface area contributed by atoms with Crippen LogP contribution in [0.1, 0.15) is 22.1 Å². The van der Waals surface area contributed by atoms with Crippen molar-refractivity contribution >= 4 is 5.97 Å². The molecule has 0 radical (unpaired) electrons. The minimum absolute atomic E-state index is 0.189. The number of aliphatic hydroxyl groups is 1. The van der Waals surface area contributed by atoms with Gasteiger partial charge in [0.2, 0.25) is 0 Å². The first kappa shape index (κ1) is 18.0. The Bertz CT molecular complexity index is 909. The van der Waals surface area contributed by atoms with E-state index in [0.29, 0.717) is 5.56 Å². The predicted molar refractivity (Wildman–Crippen MR) is 87.6 cm³/mol. The van der Waals surface area contributed by atoms with E-state index in [-0.39, 0.29) is 12.2 Å². The number of aliphatic hydroxyl groups excluding tert-OH is 1. The smallest absolute Gasteiger partial charge is 0.338 e. The van der Waals surface area contributed by atoms with Gasteiger partial charge in [0.15, 0.2) is 12.4 Å². The minimum atomic E-state index is -1.93. The Morgan fingerprint density at radius 1 is 1.35 bits per heavy atom. The molecule has 1 fully saturated rings. The minimum Gasteiger partial charge on any atom is -0.459 e. The topological polar surface area (TPSA) is 111 Å². The Hall–Kier alpha value is -2.78. The summed E-state index contributed by atoms with van der Waals surface area (Å²) in [6.07, 6.45) is -4.96. The fourth-order valence-corrected chi connectivity index (χ4v) is 2.66. The molecule has 0 amide bonds. The number of aromatic nitrogens is 2. The van der Waals surface area contributed by atoms with E-state index in [1.807, 2.05) is 4.98 Å². The van der Waals surface area contributed by atoms with Crippen LogP contribution in [0.3, 0.4) is 0 Å². The molecular formula is C17H17FN2O6. The van der Waals surface area contributed by atoms with E-state index in [9.17, 15) is 23.9 Å². The van der Waals surface area contributed by atoms with Crippen LogP contribution in [0.15, 0.2) is 46.1 Å². The summed E-state index contributed by atoms with van der Waals surface area (Å²) >= 11 is 0. The second-order valence-electron chi connectivity index (χ2n) is 5.94. The van der Waals surface area contributed by atoms with Gasteiger partial charge in [-0.25, -0.2) is 14.0 Å². The van der Waals surface area contributed by atoms with Crippen LogP contribution in [0, 0.1) is 6.92 Å². The Balaban J connectivity index is 1.72.